The van der Waals surface area contributed by atoms with Gasteiger partial charge in [-0.2, -0.15) is 0 Å². The smallest absolute Gasteiger partial charge is 0.251 e. The molecule has 72 valence electrons. The van der Waals surface area contributed by atoms with Crippen molar-refractivity contribution in [2.45, 2.75) is 30.9 Å². The fourth-order valence-corrected chi connectivity index (χ4v) is 1.16. The summed E-state index contributed by atoms with van der Waals surface area (Å²) in [7, 11) is 0. The molecule has 0 aromatic heterocycles. The van der Waals surface area contributed by atoms with E-state index in [-0.39, 0.29) is 25.4 Å². The number of aliphatic hydroxyl groups is 1. The van der Waals surface area contributed by atoms with Crippen LogP contribution < -0.4 is 5.32 Å². The Labute approximate surface area is 68.8 Å². The zero-order valence-corrected chi connectivity index (χ0v) is 6.56. The van der Waals surface area contributed by atoms with Gasteiger partial charge in [-0.05, 0) is 0 Å². The van der Waals surface area contributed by atoms with Crippen molar-refractivity contribution in [2.24, 2.45) is 0 Å². The standard InChI is InChI=1S/C7H12F3NO/c8-3-6(12)4-11-5-1-7(9,10)2-5/h5-6,11-12H,1-4H2. The van der Waals surface area contributed by atoms with Crippen molar-refractivity contribution >= 4 is 0 Å². The zero-order valence-electron chi connectivity index (χ0n) is 6.56. The van der Waals surface area contributed by atoms with E-state index in [1.807, 2.05) is 0 Å². The molecule has 1 saturated carbocycles. The lowest BCUT2D eigenvalue weighted by Crippen LogP contribution is -2.50. The molecule has 1 aliphatic rings. The van der Waals surface area contributed by atoms with Gasteiger partial charge in [0, 0.05) is 25.4 Å². The monoisotopic (exact) mass is 183 g/mol. The van der Waals surface area contributed by atoms with Crippen LogP contribution in [0.15, 0.2) is 0 Å². The minimum atomic E-state index is -2.56. The Hall–Kier alpha value is -0.290. The van der Waals surface area contributed by atoms with Crippen molar-refractivity contribution in [1.29, 1.82) is 0 Å². The fourth-order valence-electron chi connectivity index (χ4n) is 1.16. The molecule has 2 N–H and O–H groups in total. The quantitative estimate of drug-likeness (QED) is 0.672. The molecular formula is C7H12F3NO. The number of alkyl halides is 3. The van der Waals surface area contributed by atoms with Gasteiger partial charge in [0.15, 0.2) is 0 Å². The van der Waals surface area contributed by atoms with E-state index < -0.39 is 18.7 Å². The first-order valence-electron chi connectivity index (χ1n) is 3.89. The number of aliphatic hydroxyl groups excluding tert-OH is 1. The molecule has 5 heteroatoms. The van der Waals surface area contributed by atoms with E-state index in [0.29, 0.717) is 0 Å². The summed E-state index contributed by atoms with van der Waals surface area (Å²) in [5.74, 6) is -2.56. The normalized spacial score (nSPS) is 25.0. The highest BCUT2D eigenvalue weighted by Gasteiger charge is 2.44. The Bertz CT molecular complexity index is 146. The SMILES string of the molecule is OC(CF)CNC1CC(F)(F)C1. The van der Waals surface area contributed by atoms with E-state index in [9.17, 15) is 13.2 Å². The van der Waals surface area contributed by atoms with E-state index in [1.165, 1.54) is 0 Å². The lowest BCUT2D eigenvalue weighted by atomic mass is 9.88. The van der Waals surface area contributed by atoms with Gasteiger partial charge < -0.3 is 10.4 Å². The third kappa shape index (κ3) is 2.64. The molecule has 2 nitrogen and oxygen atoms in total. The lowest BCUT2D eigenvalue weighted by Gasteiger charge is -2.35. The topological polar surface area (TPSA) is 32.3 Å². The van der Waals surface area contributed by atoms with Crippen LogP contribution in [0.25, 0.3) is 0 Å². The summed E-state index contributed by atoms with van der Waals surface area (Å²) >= 11 is 0. The van der Waals surface area contributed by atoms with Gasteiger partial charge in [0.2, 0.25) is 0 Å². The highest BCUT2D eigenvalue weighted by molar-refractivity contribution is 4.91. The van der Waals surface area contributed by atoms with Crippen LogP contribution in [0, 0.1) is 0 Å². The van der Waals surface area contributed by atoms with Gasteiger partial charge in [-0.3, -0.25) is 0 Å². The van der Waals surface area contributed by atoms with Gasteiger partial charge in [-0.15, -0.1) is 0 Å². The molecular weight excluding hydrogens is 171 g/mol. The lowest BCUT2D eigenvalue weighted by molar-refractivity contribution is -0.0942. The molecule has 12 heavy (non-hydrogen) atoms. The summed E-state index contributed by atoms with van der Waals surface area (Å²) in [5.41, 5.74) is 0. The van der Waals surface area contributed by atoms with Crippen LogP contribution >= 0.6 is 0 Å². The second kappa shape index (κ2) is 3.62. The molecule has 0 amide bonds. The molecule has 0 aliphatic heterocycles. The highest BCUT2D eigenvalue weighted by atomic mass is 19.3. The Balaban J connectivity index is 2.04. The van der Waals surface area contributed by atoms with E-state index in [0.717, 1.165) is 0 Å². The number of halogens is 3. The van der Waals surface area contributed by atoms with Gasteiger partial charge >= 0.3 is 0 Å². The van der Waals surface area contributed by atoms with E-state index in [1.54, 1.807) is 0 Å². The second-order valence-corrected chi connectivity index (χ2v) is 3.18. The number of hydrogen-bond acceptors (Lipinski definition) is 2. The largest absolute Gasteiger partial charge is 0.389 e. The Kier molecular flexibility index (Phi) is 2.95. The predicted molar refractivity (Wildman–Crippen MR) is 38.0 cm³/mol. The number of rotatable bonds is 4. The Morgan fingerprint density at radius 2 is 2.08 bits per heavy atom. The zero-order chi connectivity index (χ0) is 9.19. The Morgan fingerprint density at radius 3 is 2.50 bits per heavy atom. The third-order valence-corrected chi connectivity index (χ3v) is 1.91. The summed E-state index contributed by atoms with van der Waals surface area (Å²) in [6, 6.07) is -0.263. The molecule has 0 aromatic carbocycles. The summed E-state index contributed by atoms with van der Waals surface area (Å²) in [6.07, 6.45) is -1.47. The first-order valence-corrected chi connectivity index (χ1v) is 3.89. The van der Waals surface area contributed by atoms with Crippen molar-refractivity contribution in [1.82, 2.24) is 5.32 Å². The van der Waals surface area contributed by atoms with Gasteiger partial charge in [0.05, 0.1) is 6.10 Å². The average molecular weight is 183 g/mol. The van der Waals surface area contributed by atoms with Gasteiger partial charge in [-0.25, -0.2) is 13.2 Å². The molecule has 0 aromatic rings. The second-order valence-electron chi connectivity index (χ2n) is 3.18. The maximum absolute atomic E-state index is 12.2. The van der Waals surface area contributed by atoms with Crippen molar-refractivity contribution in [3.63, 3.8) is 0 Å². The number of hydrogen-bond donors (Lipinski definition) is 2. The summed E-state index contributed by atoms with van der Waals surface area (Å²) in [6.45, 7) is -0.784. The molecule has 0 bridgehead atoms. The third-order valence-electron chi connectivity index (χ3n) is 1.91. The molecule has 0 spiro atoms. The van der Waals surface area contributed by atoms with Crippen LogP contribution in [0.2, 0.25) is 0 Å². The molecule has 1 unspecified atom stereocenters. The molecule has 1 atom stereocenters. The van der Waals surface area contributed by atoms with Crippen molar-refractivity contribution in [3.8, 4) is 0 Å². The maximum Gasteiger partial charge on any atom is 0.251 e. The first-order chi connectivity index (χ1) is 5.53. The predicted octanol–water partition coefficient (Wildman–Crippen LogP) is 0.704. The van der Waals surface area contributed by atoms with Crippen LogP contribution in [-0.4, -0.2) is 36.4 Å². The minimum Gasteiger partial charge on any atom is -0.389 e. The summed E-state index contributed by atoms with van der Waals surface area (Å²) < 4.78 is 36.1. The molecule has 1 aliphatic carbocycles. The summed E-state index contributed by atoms with van der Waals surface area (Å²) in [4.78, 5) is 0. The molecule has 0 heterocycles. The van der Waals surface area contributed by atoms with Crippen molar-refractivity contribution in [2.75, 3.05) is 13.2 Å². The average Bonchev–Trinajstić information content (AvgIpc) is 1.96. The van der Waals surface area contributed by atoms with Crippen LogP contribution in [0.5, 0.6) is 0 Å². The van der Waals surface area contributed by atoms with Crippen LogP contribution in [0.4, 0.5) is 13.2 Å². The number of nitrogens with one attached hydrogen (secondary N) is 1. The summed E-state index contributed by atoms with van der Waals surface area (Å²) in [5, 5.41) is 11.4. The van der Waals surface area contributed by atoms with E-state index in [2.05, 4.69) is 5.32 Å². The highest BCUT2D eigenvalue weighted by Crippen LogP contribution is 2.37. The maximum atomic E-state index is 12.2. The van der Waals surface area contributed by atoms with E-state index in [4.69, 9.17) is 5.11 Å². The molecule has 0 radical (unpaired) electrons. The van der Waals surface area contributed by atoms with Crippen LogP contribution in [0.1, 0.15) is 12.8 Å². The van der Waals surface area contributed by atoms with Crippen LogP contribution in [0.3, 0.4) is 0 Å². The van der Waals surface area contributed by atoms with Crippen molar-refractivity contribution in [3.05, 3.63) is 0 Å². The van der Waals surface area contributed by atoms with Gasteiger partial charge in [-0.1, -0.05) is 0 Å². The van der Waals surface area contributed by atoms with Crippen LogP contribution in [-0.2, 0) is 0 Å². The molecule has 0 saturated heterocycles. The molecule has 1 fully saturated rings. The van der Waals surface area contributed by atoms with Gasteiger partial charge in [0.1, 0.15) is 6.67 Å². The van der Waals surface area contributed by atoms with Gasteiger partial charge in [0.25, 0.3) is 5.92 Å². The van der Waals surface area contributed by atoms with E-state index >= 15 is 0 Å². The van der Waals surface area contributed by atoms with Crippen molar-refractivity contribution < 1.29 is 18.3 Å². The molecule has 1 rings (SSSR count). The fraction of sp³-hybridized carbons (Fsp3) is 1.00. The minimum absolute atomic E-state index is 0.0528. The Morgan fingerprint density at radius 1 is 1.50 bits per heavy atom. The first kappa shape index (κ1) is 9.80.